The van der Waals surface area contributed by atoms with E-state index < -0.39 is 5.97 Å². The summed E-state index contributed by atoms with van der Waals surface area (Å²) in [6, 6.07) is 7.20. The normalized spacial score (nSPS) is 12.8. The number of methoxy groups -OCH3 is 1. The number of esters is 1. The third kappa shape index (κ3) is 4.42. The van der Waals surface area contributed by atoms with E-state index in [2.05, 4.69) is 5.32 Å². The third-order valence-corrected chi connectivity index (χ3v) is 5.53. The molecule has 0 atom stereocenters. The summed E-state index contributed by atoms with van der Waals surface area (Å²) in [5.41, 5.74) is 1.50. The van der Waals surface area contributed by atoms with Gasteiger partial charge in [-0.3, -0.25) is 4.79 Å². The fraction of sp³-hybridized carbons (Fsp3) is 0.400. The number of carbonyl (C=O) groups excluding carboxylic acids is 2. The zero-order valence-electron chi connectivity index (χ0n) is 15.5. The number of hydrogen-bond acceptors (Lipinski definition) is 6. The molecule has 0 fully saturated rings. The van der Waals surface area contributed by atoms with Crippen LogP contribution in [0.4, 0.5) is 5.00 Å². The molecule has 1 amide bonds. The van der Waals surface area contributed by atoms with Gasteiger partial charge in [0.2, 0.25) is 0 Å². The molecule has 2 aromatic rings. The Labute approximate surface area is 162 Å². The molecule has 0 saturated heterocycles. The molecule has 0 unspecified atom stereocenters. The Balaban J connectivity index is 1.71. The van der Waals surface area contributed by atoms with Gasteiger partial charge in [0.05, 0.1) is 19.3 Å². The number of rotatable bonds is 7. The zero-order chi connectivity index (χ0) is 19.2. The number of benzene rings is 1. The monoisotopic (exact) mass is 389 g/mol. The summed E-state index contributed by atoms with van der Waals surface area (Å²) in [6.07, 6.45) is 3.90. The smallest absolute Gasteiger partial charge is 0.341 e. The van der Waals surface area contributed by atoms with E-state index in [1.807, 2.05) is 19.1 Å². The van der Waals surface area contributed by atoms with Crippen LogP contribution in [0.15, 0.2) is 24.3 Å². The Morgan fingerprint density at radius 1 is 1.11 bits per heavy atom. The Morgan fingerprint density at radius 3 is 2.52 bits per heavy atom. The van der Waals surface area contributed by atoms with Crippen molar-refractivity contribution in [2.45, 2.75) is 32.6 Å². The molecule has 0 saturated carbocycles. The molecule has 1 aliphatic rings. The lowest BCUT2D eigenvalue weighted by Gasteiger charge is -2.12. The number of thiophene rings is 1. The van der Waals surface area contributed by atoms with E-state index in [1.165, 1.54) is 18.4 Å². The molecule has 0 radical (unpaired) electrons. The first-order chi connectivity index (χ1) is 13.1. The fourth-order valence-corrected chi connectivity index (χ4v) is 4.42. The van der Waals surface area contributed by atoms with Crippen molar-refractivity contribution in [3.63, 3.8) is 0 Å². The van der Waals surface area contributed by atoms with Crippen LogP contribution in [0.2, 0.25) is 0 Å². The Bertz CT molecular complexity index is 830. The van der Waals surface area contributed by atoms with Gasteiger partial charge in [0.15, 0.2) is 18.1 Å². The molecule has 0 aliphatic heterocycles. The van der Waals surface area contributed by atoms with E-state index in [1.54, 1.807) is 12.1 Å². The Hall–Kier alpha value is -2.54. The standard InChI is InChI=1S/C20H23NO5S/c1-3-25-14-9-5-6-10-15(14)26-12-17(22)21-19-18(20(23)24-2)13-8-4-7-11-16(13)27-19/h5-6,9-10H,3-4,7-8,11-12H2,1-2H3,(H,21,22). The molecular formula is C20H23NO5S. The molecule has 3 rings (SSSR count). The molecule has 0 bridgehead atoms. The van der Waals surface area contributed by atoms with E-state index >= 15 is 0 Å². The van der Waals surface area contributed by atoms with Gasteiger partial charge in [-0.1, -0.05) is 12.1 Å². The Kier molecular flexibility index (Phi) is 6.34. The van der Waals surface area contributed by atoms with Crippen LogP contribution in [-0.4, -0.2) is 32.2 Å². The summed E-state index contributed by atoms with van der Waals surface area (Å²) in [5, 5.41) is 3.36. The van der Waals surface area contributed by atoms with Crippen molar-refractivity contribution in [2.75, 3.05) is 25.6 Å². The van der Waals surface area contributed by atoms with Crippen LogP contribution in [0.5, 0.6) is 11.5 Å². The summed E-state index contributed by atoms with van der Waals surface area (Å²) >= 11 is 1.45. The van der Waals surface area contributed by atoms with Gasteiger partial charge in [0.1, 0.15) is 5.00 Å². The number of anilines is 1. The van der Waals surface area contributed by atoms with Gasteiger partial charge in [-0.15, -0.1) is 11.3 Å². The minimum Gasteiger partial charge on any atom is -0.490 e. The molecule has 27 heavy (non-hydrogen) atoms. The van der Waals surface area contributed by atoms with Gasteiger partial charge in [0.25, 0.3) is 5.91 Å². The van der Waals surface area contributed by atoms with Crippen molar-refractivity contribution in [1.82, 2.24) is 0 Å². The van der Waals surface area contributed by atoms with Crippen LogP contribution in [0.1, 0.15) is 40.6 Å². The number of hydrogen-bond donors (Lipinski definition) is 1. The molecule has 0 spiro atoms. The maximum Gasteiger partial charge on any atom is 0.341 e. The highest BCUT2D eigenvalue weighted by Crippen LogP contribution is 2.38. The van der Waals surface area contributed by atoms with Crippen LogP contribution in [-0.2, 0) is 22.4 Å². The molecule has 7 heteroatoms. The minimum atomic E-state index is -0.410. The van der Waals surface area contributed by atoms with Crippen molar-refractivity contribution < 1.29 is 23.8 Å². The van der Waals surface area contributed by atoms with Crippen molar-refractivity contribution in [3.05, 3.63) is 40.3 Å². The van der Waals surface area contributed by atoms with Gasteiger partial charge in [-0.25, -0.2) is 4.79 Å². The van der Waals surface area contributed by atoms with Crippen molar-refractivity contribution >= 4 is 28.2 Å². The third-order valence-electron chi connectivity index (χ3n) is 4.32. The predicted molar refractivity (Wildman–Crippen MR) is 104 cm³/mol. The molecule has 6 nitrogen and oxygen atoms in total. The first-order valence-electron chi connectivity index (χ1n) is 9.01. The largest absolute Gasteiger partial charge is 0.490 e. The minimum absolute atomic E-state index is 0.173. The molecule has 1 aliphatic carbocycles. The first kappa shape index (κ1) is 19.2. The molecule has 1 aromatic carbocycles. The molecule has 1 N–H and O–H groups in total. The van der Waals surface area contributed by atoms with Gasteiger partial charge in [-0.05, 0) is 50.3 Å². The highest BCUT2D eigenvalue weighted by Gasteiger charge is 2.27. The lowest BCUT2D eigenvalue weighted by molar-refractivity contribution is -0.118. The van der Waals surface area contributed by atoms with Crippen molar-refractivity contribution in [3.8, 4) is 11.5 Å². The number of amides is 1. The highest BCUT2D eigenvalue weighted by atomic mass is 32.1. The van der Waals surface area contributed by atoms with Gasteiger partial charge in [-0.2, -0.15) is 0 Å². The Morgan fingerprint density at radius 2 is 1.81 bits per heavy atom. The molecular weight excluding hydrogens is 366 g/mol. The van der Waals surface area contributed by atoms with E-state index in [-0.39, 0.29) is 12.5 Å². The van der Waals surface area contributed by atoms with E-state index in [4.69, 9.17) is 14.2 Å². The maximum absolute atomic E-state index is 12.4. The molecule has 144 valence electrons. The number of nitrogens with one attached hydrogen (secondary N) is 1. The lowest BCUT2D eigenvalue weighted by Crippen LogP contribution is -2.21. The number of para-hydroxylation sites is 2. The molecule has 1 aromatic heterocycles. The SMILES string of the molecule is CCOc1ccccc1OCC(=O)Nc1sc2c(c1C(=O)OC)CCCC2. The lowest BCUT2D eigenvalue weighted by atomic mass is 9.95. The van der Waals surface area contributed by atoms with Crippen molar-refractivity contribution in [2.24, 2.45) is 0 Å². The van der Waals surface area contributed by atoms with Gasteiger partial charge >= 0.3 is 5.97 Å². The summed E-state index contributed by atoms with van der Waals surface area (Å²) in [4.78, 5) is 25.8. The number of fused-ring (bicyclic) bond motifs is 1. The fourth-order valence-electron chi connectivity index (χ4n) is 3.12. The average Bonchev–Trinajstić information content (AvgIpc) is 3.04. The second-order valence-electron chi connectivity index (χ2n) is 6.12. The number of carbonyl (C=O) groups is 2. The van der Waals surface area contributed by atoms with E-state index in [9.17, 15) is 9.59 Å². The van der Waals surface area contributed by atoms with Crippen LogP contribution >= 0.6 is 11.3 Å². The average molecular weight is 389 g/mol. The number of aryl methyl sites for hydroxylation is 1. The maximum atomic E-state index is 12.4. The molecule has 1 heterocycles. The quantitative estimate of drug-likeness (QED) is 0.729. The van der Waals surface area contributed by atoms with E-state index in [0.29, 0.717) is 28.7 Å². The van der Waals surface area contributed by atoms with Crippen LogP contribution < -0.4 is 14.8 Å². The second-order valence-corrected chi connectivity index (χ2v) is 7.23. The second kappa shape index (κ2) is 8.90. The van der Waals surface area contributed by atoms with Crippen LogP contribution in [0, 0.1) is 0 Å². The summed E-state index contributed by atoms with van der Waals surface area (Å²) in [5.74, 6) is 0.361. The van der Waals surface area contributed by atoms with Crippen LogP contribution in [0.3, 0.4) is 0 Å². The highest BCUT2D eigenvalue weighted by molar-refractivity contribution is 7.17. The predicted octanol–water partition coefficient (Wildman–Crippen LogP) is 3.83. The summed E-state index contributed by atoms with van der Waals surface area (Å²) < 4.78 is 16.0. The van der Waals surface area contributed by atoms with Crippen molar-refractivity contribution in [1.29, 1.82) is 0 Å². The van der Waals surface area contributed by atoms with Gasteiger partial charge < -0.3 is 19.5 Å². The number of ether oxygens (including phenoxy) is 3. The zero-order valence-corrected chi connectivity index (χ0v) is 16.3. The summed E-state index contributed by atoms with van der Waals surface area (Å²) in [7, 11) is 1.36. The van der Waals surface area contributed by atoms with E-state index in [0.717, 1.165) is 36.1 Å². The summed E-state index contributed by atoms with van der Waals surface area (Å²) in [6.45, 7) is 2.22. The van der Waals surface area contributed by atoms with Crippen LogP contribution in [0.25, 0.3) is 0 Å². The van der Waals surface area contributed by atoms with Gasteiger partial charge in [0, 0.05) is 4.88 Å². The topological polar surface area (TPSA) is 73.9 Å². The first-order valence-corrected chi connectivity index (χ1v) is 9.83.